The van der Waals surface area contributed by atoms with Crippen LogP contribution in [0, 0.1) is 6.92 Å². The Bertz CT molecular complexity index is 468. The molecule has 0 fully saturated rings. The Morgan fingerprint density at radius 2 is 2.19 bits per heavy atom. The van der Waals surface area contributed by atoms with Gasteiger partial charge in [0.05, 0.1) is 12.3 Å². The number of rotatable bonds is 4. The van der Waals surface area contributed by atoms with Gasteiger partial charge in [-0.25, -0.2) is 4.98 Å². The molecule has 4 heteroatoms. The molecule has 16 heavy (non-hydrogen) atoms. The van der Waals surface area contributed by atoms with E-state index >= 15 is 0 Å². The topological polar surface area (TPSA) is 38.0 Å². The van der Waals surface area contributed by atoms with Gasteiger partial charge in [-0.05, 0) is 18.6 Å². The fourth-order valence-corrected chi connectivity index (χ4v) is 2.26. The lowest BCUT2D eigenvalue weighted by atomic mass is 10.2. The lowest BCUT2D eigenvalue weighted by Crippen LogP contribution is -1.98. The molecule has 0 saturated carbocycles. The van der Waals surface area contributed by atoms with Crippen molar-refractivity contribution in [1.82, 2.24) is 9.55 Å². The smallest absolute Gasteiger partial charge is 0.172 e. The number of benzene rings is 1. The summed E-state index contributed by atoms with van der Waals surface area (Å²) in [4.78, 5) is 4.29. The Labute approximate surface area is 99.1 Å². The second-order valence-electron chi connectivity index (χ2n) is 3.44. The maximum Gasteiger partial charge on any atom is 0.172 e. The number of nitrogens with zero attached hydrogens (tertiary/aromatic N) is 2. The van der Waals surface area contributed by atoms with Crippen LogP contribution in [0.1, 0.15) is 5.56 Å². The minimum atomic E-state index is 0.172. The van der Waals surface area contributed by atoms with Gasteiger partial charge in [0.15, 0.2) is 5.16 Å². The van der Waals surface area contributed by atoms with E-state index in [4.69, 9.17) is 5.11 Å². The number of hydrogen-bond acceptors (Lipinski definition) is 3. The fourth-order valence-electron chi connectivity index (χ4n) is 1.55. The third-order valence-electron chi connectivity index (χ3n) is 2.30. The predicted octanol–water partition coefficient (Wildman–Crippen LogP) is 2.27. The lowest BCUT2D eigenvalue weighted by Gasteiger charge is -2.09. The van der Waals surface area contributed by atoms with E-state index < -0.39 is 0 Å². The van der Waals surface area contributed by atoms with Crippen LogP contribution in [0.25, 0.3) is 5.69 Å². The van der Waals surface area contributed by atoms with Gasteiger partial charge in [0.1, 0.15) is 0 Å². The van der Waals surface area contributed by atoms with Gasteiger partial charge in [-0.15, -0.1) is 0 Å². The third kappa shape index (κ3) is 2.28. The number of aliphatic hydroxyl groups is 1. The van der Waals surface area contributed by atoms with E-state index in [1.165, 1.54) is 5.56 Å². The number of imidazole rings is 1. The molecule has 84 valence electrons. The van der Waals surface area contributed by atoms with Crippen molar-refractivity contribution in [2.45, 2.75) is 12.1 Å². The first kappa shape index (κ1) is 11.2. The van der Waals surface area contributed by atoms with Gasteiger partial charge in [-0.3, -0.25) is 4.57 Å². The summed E-state index contributed by atoms with van der Waals surface area (Å²) >= 11 is 1.56. The number of hydrogen-bond donors (Lipinski definition) is 1. The summed E-state index contributed by atoms with van der Waals surface area (Å²) in [6, 6.07) is 8.19. The zero-order valence-corrected chi connectivity index (χ0v) is 9.94. The third-order valence-corrected chi connectivity index (χ3v) is 3.25. The minimum Gasteiger partial charge on any atom is -0.396 e. The summed E-state index contributed by atoms with van der Waals surface area (Å²) in [5, 5.41) is 9.74. The van der Waals surface area contributed by atoms with E-state index in [2.05, 4.69) is 28.6 Å². The molecule has 0 spiro atoms. The van der Waals surface area contributed by atoms with Crippen molar-refractivity contribution in [2.24, 2.45) is 0 Å². The van der Waals surface area contributed by atoms with E-state index in [-0.39, 0.29) is 6.61 Å². The average Bonchev–Trinajstić information content (AvgIpc) is 2.75. The molecule has 0 aliphatic carbocycles. The predicted molar refractivity (Wildman–Crippen MR) is 66.1 cm³/mol. The van der Waals surface area contributed by atoms with E-state index in [0.29, 0.717) is 5.75 Å². The van der Waals surface area contributed by atoms with Crippen molar-refractivity contribution in [2.75, 3.05) is 12.4 Å². The molecular weight excluding hydrogens is 220 g/mol. The molecule has 0 amide bonds. The number of thioether (sulfide) groups is 1. The van der Waals surface area contributed by atoms with Crippen LogP contribution < -0.4 is 0 Å². The maximum atomic E-state index is 8.82. The second-order valence-corrected chi connectivity index (χ2v) is 4.50. The first-order valence-electron chi connectivity index (χ1n) is 5.16. The summed E-state index contributed by atoms with van der Waals surface area (Å²) in [7, 11) is 0. The van der Waals surface area contributed by atoms with Crippen molar-refractivity contribution < 1.29 is 5.11 Å². The van der Waals surface area contributed by atoms with Crippen LogP contribution in [0.3, 0.4) is 0 Å². The first-order chi connectivity index (χ1) is 7.83. The van der Waals surface area contributed by atoms with Gasteiger partial charge in [-0.2, -0.15) is 0 Å². The molecule has 1 aromatic carbocycles. The maximum absolute atomic E-state index is 8.82. The molecule has 0 unspecified atom stereocenters. The summed E-state index contributed by atoms with van der Waals surface area (Å²) in [6.45, 7) is 2.25. The van der Waals surface area contributed by atoms with Crippen molar-refractivity contribution in [1.29, 1.82) is 0 Å². The zero-order chi connectivity index (χ0) is 11.4. The summed E-state index contributed by atoms with van der Waals surface area (Å²) in [5.41, 5.74) is 2.35. The number of para-hydroxylation sites is 1. The molecular formula is C12H14N2OS. The molecule has 0 aliphatic heterocycles. The van der Waals surface area contributed by atoms with Crippen molar-refractivity contribution >= 4 is 11.8 Å². The number of aryl methyl sites for hydroxylation is 1. The quantitative estimate of drug-likeness (QED) is 0.825. The monoisotopic (exact) mass is 234 g/mol. The Balaban J connectivity index is 2.33. The van der Waals surface area contributed by atoms with E-state index in [9.17, 15) is 0 Å². The average molecular weight is 234 g/mol. The van der Waals surface area contributed by atoms with E-state index in [0.717, 1.165) is 10.8 Å². The molecule has 0 atom stereocenters. The summed E-state index contributed by atoms with van der Waals surface area (Å²) in [6.07, 6.45) is 3.73. The van der Waals surface area contributed by atoms with Gasteiger partial charge < -0.3 is 5.11 Å². The Kier molecular flexibility index (Phi) is 3.64. The minimum absolute atomic E-state index is 0.172. The molecule has 1 aromatic heterocycles. The Hall–Kier alpha value is -1.26. The molecule has 0 saturated heterocycles. The molecule has 2 aromatic rings. The highest BCUT2D eigenvalue weighted by Gasteiger charge is 2.06. The molecule has 1 N–H and O–H groups in total. The van der Waals surface area contributed by atoms with E-state index in [1.807, 2.05) is 18.3 Å². The van der Waals surface area contributed by atoms with Crippen LogP contribution in [0.4, 0.5) is 0 Å². The Morgan fingerprint density at radius 1 is 1.38 bits per heavy atom. The largest absolute Gasteiger partial charge is 0.396 e. The van der Waals surface area contributed by atoms with Gasteiger partial charge in [0, 0.05) is 18.1 Å². The molecule has 3 nitrogen and oxygen atoms in total. The lowest BCUT2D eigenvalue weighted by molar-refractivity contribution is 0.322. The highest BCUT2D eigenvalue weighted by molar-refractivity contribution is 7.99. The molecule has 1 heterocycles. The second kappa shape index (κ2) is 5.18. The van der Waals surface area contributed by atoms with Gasteiger partial charge in [0.25, 0.3) is 0 Å². The van der Waals surface area contributed by atoms with Gasteiger partial charge in [-0.1, -0.05) is 30.0 Å². The summed E-state index contributed by atoms with van der Waals surface area (Å²) in [5.74, 6) is 0.670. The molecule has 0 radical (unpaired) electrons. The van der Waals surface area contributed by atoms with Gasteiger partial charge >= 0.3 is 0 Å². The zero-order valence-electron chi connectivity index (χ0n) is 9.13. The molecule has 2 rings (SSSR count). The number of aliphatic hydroxyl groups excluding tert-OH is 1. The van der Waals surface area contributed by atoms with Crippen LogP contribution in [0.5, 0.6) is 0 Å². The fraction of sp³-hybridized carbons (Fsp3) is 0.250. The first-order valence-corrected chi connectivity index (χ1v) is 6.14. The molecule has 0 bridgehead atoms. The van der Waals surface area contributed by atoms with Crippen LogP contribution >= 0.6 is 11.8 Å². The number of aromatic nitrogens is 2. The highest BCUT2D eigenvalue weighted by atomic mass is 32.2. The standard InChI is InChI=1S/C12H14N2OS/c1-10-4-2-3-5-11(10)14-7-6-13-12(14)16-9-8-15/h2-7,15H,8-9H2,1H3. The SMILES string of the molecule is Cc1ccccc1-n1ccnc1SCCO. The van der Waals surface area contributed by atoms with Gasteiger partial charge in [0.2, 0.25) is 0 Å². The normalized spacial score (nSPS) is 10.6. The molecule has 0 aliphatic rings. The Morgan fingerprint density at radius 3 is 2.94 bits per heavy atom. The van der Waals surface area contributed by atoms with Crippen LogP contribution in [-0.4, -0.2) is 27.0 Å². The van der Waals surface area contributed by atoms with Crippen LogP contribution in [-0.2, 0) is 0 Å². The highest BCUT2D eigenvalue weighted by Crippen LogP contribution is 2.21. The van der Waals surface area contributed by atoms with Crippen molar-refractivity contribution in [3.05, 3.63) is 42.2 Å². The van der Waals surface area contributed by atoms with Crippen LogP contribution in [0.15, 0.2) is 41.8 Å². The van der Waals surface area contributed by atoms with E-state index in [1.54, 1.807) is 18.0 Å². The van der Waals surface area contributed by atoms with Crippen molar-refractivity contribution in [3.63, 3.8) is 0 Å². The summed E-state index contributed by atoms with van der Waals surface area (Å²) < 4.78 is 2.05. The van der Waals surface area contributed by atoms with Crippen LogP contribution in [0.2, 0.25) is 0 Å². The van der Waals surface area contributed by atoms with Crippen molar-refractivity contribution in [3.8, 4) is 5.69 Å².